The van der Waals surface area contributed by atoms with E-state index in [1.54, 1.807) is 6.26 Å². The van der Waals surface area contributed by atoms with Gasteiger partial charge in [-0.3, -0.25) is 15.0 Å². The van der Waals surface area contributed by atoms with Crippen molar-refractivity contribution in [3.63, 3.8) is 0 Å². The Morgan fingerprint density at radius 1 is 1.24 bits per heavy atom. The van der Waals surface area contributed by atoms with Crippen LogP contribution in [0.1, 0.15) is 11.3 Å². The van der Waals surface area contributed by atoms with E-state index < -0.39 is 0 Å². The number of piperazine rings is 1. The number of H-pyrrole nitrogens is 1. The quantitative estimate of drug-likeness (QED) is 0.309. The number of halogens is 1. The van der Waals surface area contributed by atoms with Crippen molar-refractivity contribution in [3.05, 3.63) is 54.2 Å². The van der Waals surface area contributed by atoms with Crippen LogP contribution in [0.15, 0.2) is 52.4 Å². The summed E-state index contributed by atoms with van der Waals surface area (Å²) in [4.78, 5) is 13.3. The average molecular weight is 508 g/mol. The number of aromatic amines is 1. The molecule has 3 heterocycles. The number of hydrogen-bond donors (Lipinski definition) is 2. The van der Waals surface area contributed by atoms with Gasteiger partial charge in [0.2, 0.25) is 0 Å². The number of aliphatic imine (C=N–C) groups is 1. The summed E-state index contributed by atoms with van der Waals surface area (Å²) in [5, 5.41) is 14.3. The van der Waals surface area contributed by atoms with Gasteiger partial charge in [-0.05, 0) is 11.6 Å². The largest absolute Gasteiger partial charge is 0.364 e. The highest BCUT2D eigenvalue weighted by Gasteiger charge is 2.20. The lowest BCUT2D eigenvalue weighted by Gasteiger charge is -2.36. The van der Waals surface area contributed by atoms with Crippen molar-refractivity contribution in [3.8, 4) is 11.4 Å². The summed E-state index contributed by atoms with van der Waals surface area (Å²) < 4.78 is 4.91. The first-order chi connectivity index (χ1) is 13.8. The molecule has 10 heteroatoms. The Morgan fingerprint density at radius 2 is 2.10 bits per heavy atom. The maximum atomic E-state index is 4.91. The fourth-order valence-corrected chi connectivity index (χ4v) is 3.35. The molecule has 0 saturated carbocycles. The molecule has 0 amide bonds. The molecule has 1 fully saturated rings. The molecule has 0 atom stereocenters. The summed E-state index contributed by atoms with van der Waals surface area (Å²) in [6.07, 6.45) is 3.14. The summed E-state index contributed by atoms with van der Waals surface area (Å²) >= 11 is 0. The van der Waals surface area contributed by atoms with Gasteiger partial charge in [0.25, 0.3) is 0 Å². The Hall–Kier alpha value is -2.47. The number of hydrogen-bond acceptors (Lipinski definition) is 6. The molecule has 9 nitrogen and oxygen atoms in total. The SMILES string of the molecule is CN=C(NCc1cccc(-c2ncn[nH]2)c1)N1CCN(Cc2ccon2)CC1.I. The molecule has 0 bridgehead atoms. The Morgan fingerprint density at radius 3 is 2.79 bits per heavy atom. The molecule has 2 N–H and O–H groups in total. The van der Waals surface area contributed by atoms with Crippen LogP contribution < -0.4 is 5.32 Å². The Labute approximate surface area is 186 Å². The van der Waals surface area contributed by atoms with Crippen LogP contribution in [0.5, 0.6) is 0 Å². The van der Waals surface area contributed by atoms with E-state index in [0.29, 0.717) is 6.54 Å². The number of rotatable bonds is 5. The molecule has 1 aliphatic rings. The van der Waals surface area contributed by atoms with Gasteiger partial charge in [-0.2, -0.15) is 5.10 Å². The molecule has 2 aromatic heterocycles. The standard InChI is InChI=1S/C19H24N8O.HI/c1-20-19(27-8-6-26(7-9-27)13-17-5-10-28-25-17)21-12-15-3-2-4-16(11-15)18-22-14-23-24-18;/h2-5,10-11,14H,6-9,12-13H2,1H3,(H,20,21)(H,22,23,24);1H. The summed E-state index contributed by atoms with van der Waals surface area (Å²) in [7, 11) is 1.83. The summed E-state index contributed by atoms with van der Waals surface area (Å²) in [5.74, 6) is 1.70. The molecule has 154 valence electrons. The lowest BCUT2D eigenvalue weighted by atomic mass is 10.1. The second-order valence-electron chi connectivity index (χ2n) is 6.69. The zero-order valence-corrected chi connectivity index (χ0v) is 18.6. The molecular weight excluding hydrogens is 483 g/mol. The van der Waals surface area contributed by atoms with Crippen LogP contribution in [-0.4, -0.2) is 69.3 Å². The number of benzene rings is 1. The third-order valence-electron chi connectivity index (χ3n) is 4.83. The van der Waals surface area contributed by atoms with Crippen molar-refractivity contribution in [2.45, 2.75) is 13.1 Å². The molecule has 1 aliphatic heterocycles. The average Bonchev–Trinajstić information content (AvgIpc) is 3.44. The van der Waals surface area contributed by atoms with Gasteiger partial charge in [0, 0.05) is 57.9 Å². The normalized spacial score (nSPS) is 15.2. The molecule has 29 heavy (non-hydrogen) atoms. The van der Waals surface area contributed by atoms with Crippen LogP contribution in [-0.2, 0) is 13.1 Å². The van der Waals surface area contributed by atoms with Crippen LogP contribution >= 0.6 is 24.0 Å². The summed E-state index contributed by atoms with van der Waals surface area (Å²) in [6, 6.07) is 10.2. The zero-order valence-electron chi connectivity index (χ0n) is 16.3. The van der Waals surface area contributed by atoms with Crippen molar-refractivity contribution in [1.82, 2.24) is 35.5 Å². The zero-order chi connectivity index (χ0) is 19.2. The molecule has 0 unspecified atom stereocenters. The van der Waals surface area contributed by atoms with Crippen LogP contribution in [0.3, 0.4) is 0 Å². The monoisotopic (exact) mass is 508 g/mol. The van der Waals surface area contributed by atoms with Crippen molar-refractivity contribution >= 4 is 29.9 Å². The van der Waals surface area contributed by atoms with Crippen LogP contribution in [0.4, 0.5) is 0 Å². The Bertz CT molecular complexity index is 889. The Balaban J connectivity index is 0.00000240. The molecule has 0 radical (unpaired) electrons. The fourth-order valence-electron chi connectivity index (χ4n) is 3.35. The predicted octanol–water partition coefficient (Wildman–Crippen LogP) is 1.97. The first-order valence-corrected chi connectivity index (χ1v) is 9.34. The van der Waals surface area contributed by atoms with Crippen molar-refractivity contribution in [2.75, 3.05) is 33.2 Å². The van der Waals surface area contributed by atoms with Gasteiger partial charge >= 0.3 is 0 Å². The molecular formula is C19H25IN8O. The second-order valence-corrected chi connectivity index (χ2v) is 6.69. The molecule has 4 rings (SSSR count). The van der Waals surface area contributed by atoms with Crippen LogP contribution in [0.2, 0.25) is 0 Å². The molecule has 0 spiro atoms. The van der Waals surface area contributed by atoms with Crippen molar-refractivity contribution in [2.24, 2.45) is 4.99 Å². The van der Waals surface area contributed by atoms with E-state index in [1.807, 2.05) is 25.2 Å². The highest BCUT2D eigenvalue weighted by atomic mass is 127. The minimum Gasteiger partial charge on any atom is -0.364 e. The minimum absolute atomic E-state index is 0. The first kappa shape index (κ1) is 21.2. The number of nitrogens with zero attached hydrogens (tertiary/aromatic N) is 6. The highest BCUT2D eigenvalue weighted by Crippen LogP contribution is 2.15. The topological polar surface area (TPSA) is 98.5 Å². The summed E-state index contributed by atoms with van der Waals surface area (Å²) in [6.45, 7) is 5.31. The highest BCUT2D eigenvalue weighted by molar-refractivity contribution is 14.0. The van der Waals surface area contributed by atoms with Crippen LogP contribution in [0, 0.1) is 0 Å². The van der Waals surface area contributed by atoms with E-state index in [1.165, 1.54) is 11.9 Å². The Kier molecular flexibility index (Phi) is 7.58. The van der Waals surface area contributed by atoms with E-state index in [2.05, 4.69) is 52.6 Å². The minimum atomic E-state index is 0. The van der Waals surface area contributed by atoms with E-state index in [-0.39, 0.29) is 24.0 Å². The summed E-state index contributed by atoms with van der Waals surface area (Å²) in [5.41, 5.74) is 3.16. The lowest BCUT2D eigenvalue weighted by molar-refractivity contribution is 0.169. The third kappa shape index (κ3) is 5.54. The van der Waals surface area contributed by atoms with Gasteiger partial charge in [0.1, 0.15) is 12.6 Å². The lowest BCUT2D eigenvalue weighted by Crippen LogP contribution is -2.52. The van der Waals surface area contributed by atoms with E-state index in [0.717, 1.165) is 55.8 Å². The number of nitrogens with one attached hydrogen (secondary N) is 2. The number of aromatic nitrogens is 4. The van der Waals surface area contributed by atoms with E-state index in [4.69, 9.17) is 4.52 Å². The second kappa shape index (κ2) is 10.3. The maximum Gasteiger partial charge on any atom is 0.194 e. The molecule has 3 aromatic rings. The van der Waals surface area contributed by atoms with Gasteiger partial charge in [0.15, 0.2) is 11.8 Å². The molecule has 1 aromatic carbocycles. The van der Waals surface area contributed by atoms with Crippen molar-refractivity contribution < 1.29 is 4.52 Å². The van der Waals surface area contributed by atoms with E-state index >= 15 is 0 Å². The molecule has 0 aliphatic carbocycles. The molecule has 1 saturated heterocycles. The van der Waals surface area contributed by atoms with Gasteiger partial charge in [-0.1, -0.05) is 23.4 Å². The number of guanidine groups is 1. The van der Waals surface area contributed by atoms with Crippen LogP contribution in [0.25, 0.3) is 11.4 Å². The van der Waals surface area contributed by atoms with Gasteiger partial charge < -0.3 is 14.7 Å². The van der Waals surface area contributed by atoms with Gasteiger partial charge in [-0.25, -0.2) is 4.98 Å². The smallest absolute Gasteiger partial charge is 0.194 e. The van der Waals surface area contributed by atoms with Crippen molar-refractivity contribution in [1.29, 1.82) is 0 Å². The fraction of sp³-hybridized carbons (Fsp3) is 0.368. The third-order valence-corrected chi connectivity index (χ3v) is 4.83. The van der Waals surface area contributed by atoms with E-state index in [9.17, 15) is 0 Å². The maximum absolute atomic E-state index is 4.91. The predicted molar refractivity (Wildman–Crippen MR) is 121 cm³/mol. The first-order valence-electron chi connectivity index (χ1n) is 9.34. The van der Waals surface area contributed by atoms with Gasteiger partial charge in [0.05, 0.1) is 5.69 Å². The van der Waals surface area contributed by atoms with Gasteiger partial charge in [-0.15, -0.1) is 24.0 Å².